The molecule has 1 rings (SSSR count). The lowest BCUT2D eigenvalue weighted by molar-refractivity contribution is 0.130. The highest BCUT2D eigenvalue weighted by Crippen LogP contribution is 2.08. The maximum atomic E-state index is 5.52. The van der Waals surface area contributed by atoms with Gasteiger partial charge in [-0.2, -0.15) is 0 Å². The van der Waals surface area contributed by atoms with E-state index in [2.05, 4.69) is 12.2 Å². The van der Waals surface area contributed by atoms with E-state index in [1.807, 2.05) is 12.2 Å². The molecule has 0 unspecified atom stereocenters. The number of rotatable bonds is 2. The van der Waals surface area contributed by atoms with Crippen LogP contribution < -0.4 is 0 Å². The van der Waals surface area contributed by atoms with Gasteiger partial charge >= 0.3 is 0 Å². The summed E-state index contributed by atoms with van der Waals surface area (Å²) in [5.41, 5.74) is 0. The van der Waals surface area contributed by atoms with Crippen molar-refractivity contribution >= 4 is 0 Å². The Morgan fingerprint density at radius 3 is 1.76 bits per heavy atom. The Morgan fingerprint density at radius 1 is 0.882 bits per heavy atom. The van der Waals surface area contributed by atoms with Gasteiger partial charge in [0.2, 0.25) is 0 Å². The largest absolute Gasteiger partial charge is 0.497 e. The number of methoxy groups -OCH3 is 2. The Labute approximate surface area is 104 Å². The van der Waals surface area contributed by atoms with Gasteiger partial charge in [-0.05, 0) is 50.0 Å². The second-order valence-electron chi connectivity index (χ2n) is 3.85. The zero-order valence-electron chi connectivity index (χ0n) is 10.8. The van der Waals surface area contributed by atoms with Crippen LogP contribution in [0.15, 0.2) is 35.8 Å². The summed E-state index contributed by atoms with van der Waals surface area (Å²) < 4.78 is 16.1. The second-order valence-corrected chi connectivity index (χ2v) is 3.85. The van der Waals surface area contributed by atoms with Crippen molar-refractivity contribution in [2.75, 3.05) is 27.4 Å². The molecule has 0 atom stereocenters. The number of allylic oxidation sites excluding steroid dienone is 4. The quantitative estimate of drug-likeness (QED) is 0.739. The van der Waals surface area contributed by atoms with Crippen molar-refractivity contribution in [3.8, 4) is 0 Å². The molecule has 0 aromatic rings. The minimum Gasteiger partial charge on any atom is -0.497 e. The molecule has 0 spiro atoms. The first-order valence-electron chi connectivity index (χ1n) is 6.11. The molecule has 96 valence electrons. The first-order chi connectivity index (χ1) is 8.36. The maximum absolute atomic E-state index is 5.52. The van der Waals surface area contributed by atoms with Crippen molar-refractivity contribution in [3.05, 3.63) is 35.8 Å². The van der Waals surface area contributed by atoms with Crippen molar-refractivity contribution in [2.24, 2.45) is 0 Å². The lowest BCUT2D eigenvalue weighted by Gasteiger charge is -2.02. The summed E-state index contributed by atoms with van der Waals surface area (Å²) >= 11 is 0. The van der Waals surface area contributed by atoms with Crippen LogP contribution >= 0.6 is 0 Å². The second kappa shape index (κ2) is 8.88. The molecule has 0 bridgehead atoms. The Bertz CT molecular complexity index is 262. The van der Waals surface area contributed by atoms with Crippen molar-refractivity contribution < 1.29 is 14.2 Å². The third kappa shape index (κ3) is 6.17. The molecule has 17 heavy (non-hydrogen) atoms. The van der Waals surface area contributed by atoms with E-state index in [1.54, 1.807) is 14.2 Å². The van der Waals surface area contributed by atoms with Gasteiger partial charge in [0.25, 0.3) is 0 Å². The lowest BCUT2D eigenvalue weighted by Crippen LogP contribution is -1.96. The zero-order chi connectivity index (χ0) is 12.3. The molecule has 0 amide bonds. The molecule has 0 radical (unpaired) electrons. The van der Waals surface area contributed by atoms with Crippen LogP contribution in [0.3, 0.4) is 0 Å². The lowest BCUT2D eigenvalue weighted by atomic mass is 10.2. The molecular weight excluding hydrogens is 216 g/mol. The molecule has 1 aliphatic rings. The molecule has 0 aromatic carbocycles. The summed E-state index contributed by atoms with van der Waals surface area (Å²) in [5, 5.41) is 0. The third-order valence-corrected chi connectivity index (χ3v) is 2.56. The normalized spacial score (nSPS) is 19.2. The summed E-state index contributed by atoms with van der Waals surface area (Å²) in [4.78, 5) is 0. The van der Waals surface area contributed by atoms with Gasteiger partial charge in [-0.1, -0.05) is 0 Å². The minimum absolute atomic E-state index is 0.818. The number of ether oxygens (including phenoxy) is 3. The van der Waals surface area contributed by atoms with Crippen LogP contribution in [0.2, 0.25) is 0 Å². The number of hydrogen-bond donors (Lipinski definition) is 0. The molecule has 1 heterocycles. The minimum atomic E-state index is 0.818. The molecule has 0 saturated heterocycles. The van der Waals surface area contributed by atoms with E-state index in [0.29, 0.717) is 0 Å². The smallest absolute Gasteiger partial charge is 0.115 e. The highest BCUT2D eigenvalue weighted by Gasteiger charge is 1.96. The topological polar surface area (TPSA) is 27.7 Å². The summed E-state index contributed by atoms with van der Waals surface area (Å²) in [6.45, 7) is 1.64. The molecule has 3 nitrogen and oxygen atoms in total. The van der Waals surface area contributed by atoms with Crippen molar-refractivity contribution in [2.45, 2.75) is 25.7 Å². The van der Waals surface area contributed by atoms with Crippen LogP contribution in [0.1, 0.15) is 25.7 Å². The molecule has 1 aliphatic heterocycles. The zero-order valence-corrected chi connectivity index (χ0v) is 10.8. The van der Waals surface area contributed by atoms with E-state index < -0.39 is 0 Å². The van der Waals surface area contributed by atoms with Crippen LogP contribution in [-0.4, -0.2) is 27.4 Å². The Hall–Kier alpha value is -1.22. The van der Waals surface area contributed by atoms with E-state index in [1.165, 1.54) is 0 Å². The summed E-state index contributed by atoms with van der Waals surface area (Å²) in [6, 6.07) is 0. The van der Waals surface area contributed by atoms with Gasteiger partial charge in [-0.25, -0.2) is 0 Å². The van der Waals surface area contributed by atoms with E-state index in [-0.39, 0.29) is 0 Å². The van der Waals surface area contributed by atoms with Crippen molar-refractivity contribution in [3.63, 3.8) is 0 Å². The molecule has 0 aromatic heterocycles. The van der Waals surface area contributed by atoms with Gasteiger partial charge < -0.3 is 14.2 Å². The van der Waals surface area contributed by atoms with Gasteiger partial charge in [-0.3, -0.25) is 0 Å². The van der Waals surface area contributed by atoms with Gasteiger partial charge in [0.15, 0.2) is 0 Å². The van der Waals surface area contributed by atoms with Crippen LogP contribution in [0.4, 0.5) is 0 Å². The first kappa shape index (κ1) is 13.8. The van der Waals surface area contributed by atoms with Crippen molar-refractivity contribution in [1.29, 1.82) is 0 Å². The number of hydrogen-bond acceptors (Lipinski definition) is 3. The van der Waals surface area contributed by atoms with E-state index in [4.69, 9.17) is 14.2 Å². The Kier molecular flexibility index (Phi) is 7.23. The summed E-state index contributed by atoms with van der Waals surface area (Å²) in [5.74, 6) is 1.74. The average Bonchev–Trinajstić information content (AvgIpc) is 2.38. The third-order valence-electron chi connectivity index (χ3n) is 2.56. The monoisotopic (exact) mass is 238 g/mol. The Balaban J connectivity index is 2.68. The van der Waals surface area contributed by atoms with Gasteiger partial charge in [0.1, 0.15) is 11.5 Å². The van der Waals surface area contributed by atoms with E-state index in [9.17, 15) is 0 Å². The van der Waals surface area contributed by atoms with Gasteiger partial charge in [0.05, 0.1) is 14.2 Å². The van der Waals surface area contributed by atoms with Gasteiger partial charge in [-0.15, -0.1) is 0 Å². The molecule has 0 fully saturated rings. The summed E-state index contributed by atoms with van der Waals surface area (Å²) in [6.07, 6.45) is 12.0. The predicted octanol–water partition coefficient (Wildman–Crippen LogP) is 3.19. The average molecular weight is 238 g/mol. The van der Waals surface area contributed by atoms with E-state index >= 15 is 0 Å². The summed E-state index contributed by atoms with van der Waals surface area (Å²) in [7, 11) is 3.36. The molecule has 0 aliphatic carbocycles. The molecule has 0 saturated carbocycles. The predicted molar refractivity (Wildman–Crippen MR) is 68.6 cm³/mol. The molecule has 0 N–H and O–H groups in total. The van der Waals surface area contributed by atoms with Crippen LogP contribution in [0, 0.1) is 0 Å². The highest BCUT2D eigenvalue weighted by atomic mass is 16.5. The fourth-order valence-corrected chi connectivity index (χ4v) is 1.56. The first-order valence-corrected chi connectivity index (χ1v) is 6.11. The van der Waals surface area contributed by atoms with Crippen LogP contribution in [0.25, 0.3) is 0 Å². The maximum Gasteiger partial charge on any atom is 0.115 e. The molecular formula is C14H22O3. The fourth-order valence-electron chi connectivity index (χ4n) is 1.56. The van der Waals surface area contributed by atoms with E-state index in [0.717, 1.165) is 50.4 Å². The van der Waals surface area contributed by atoms with Gasteiger partial charge in [0, 0.05) is 13.2 Å². The van der Waals surface area contributed by atoms with Crippen LogP contribution in [-0.2, 0) is 14.2 Å². The molecule has 3 heteroatoms. The fraction of sp³-hybridized carbons (Fsp3) is 0.571. The standard InChI is InChI=1S/C14H22O3/c1-15-13-7-3-5-11-17-12-6-4-8-14(16-2)10-9-13/h7-10H,3-6,11-12H2,1-2H3. The Morgan fingerprint density at radius 2 is 1.35 bits per heavy atom. The van der Waals surface area contributed by atoms with Crippen LogP contribution in [0.5, 0.6) is 0 Å². The van der Waals surface area contributed by atoms with Crippen molar-refractivity contribution in [1.82, 2.24) is 0 Å². The highest BCUT2D eigenvalue weighted by molar-refractivity contribution is 5.21. The SMILES string of the molecule is COC1=CCCCOCCCC=C(OC)C=C1.